The molecule has 4 heteroatoms. The van der Waals surface area contributed by atoms with E-state index >= 15 is 0 Å². The summed E-state index contributed by atoms with van der Waals surface area (Å²) in [4.78, 5) is 22.7. The van der Waals surface area contributed by atoms with Gasteiger partial charge in [-0.05, 0) is 26.0 Å². The van der Waals surface area contributed by atoms with Crippen LogP contribution < -0.4 is 10.6 Å². The quantitative estimate of drug-likeness (QED) is 0.485. The molecule has 0 radical (unpaired) electrons. The van der Waals surface area contributed by atoms with Gasteiger partial charge in [-0.2, -0.15) is 0 Å². The summed E-state index contributed by atoms with van der Waals surface area (Å²) in [7, 11) is 0. The van der Waals surface area contributed by atoms with Gasteiger partial charge in [0.1, 0.15) is 0 Å². The molecule has 1 rings (SSSR count). The van der Waals surface area contributed by atoms with Crippen LogP contribution >= 0.6 is 0 Å². The van der Waals surface area contributed by atoms with E-state index in [1.165, 1.54) is 6.92 Å². The lowest BCUT2D eigenvalue weighted by Gasteiger charge is -2.07. The maximum atomic E-state index is 11.5. The number of carbonyl (C=O) groups is 2. The fraction of sp³-hybridized carbons (Fsp3) is 0.286. The van der Waals surface area contributed by atoms with Gasteiger partial charge in [-0.15, -0.1) is 11.8 Å². The maximum Gasteiger partial charge on any atom is 0.319 e. The van der Waals surface area contributed by atoms with Gasteiger partial charge in [-0.3, -0.25) is 4.79 Å². The monoisotopic (exact) mass is 244 g/mol. The number of benzene rings is 1. The second-order valence-corrected chi connectivity index (χ2v) is 3.69. The van der Waals surface area contributed by atoms with Crippen molar-refractivity contribution in [3.8, 4) is 11.8 Å². The number of urea groups is 1. The van der Waals surface area contributed by atoms with E-state index in [9.17, 15) is 9.59 Å². The lowest BCUT2D eigenvalue weighted by Crippen LogP contribution is -2.29. The smallest absolute Gasteiger partial charge is 0.319 e. The Balaban J connectivity index is 2.50. The lowest BCUT2D eigenvalue weighted by atomic mass is 10.1. The summed E-state index contributed by atoms with van der Waals surface area (Å²) < 4.78 is 0. The standard InChI is InChI=1S/C14H16N2O2/c1-3-4-5-9-15-14(18)16-13-8-6-7-12(10-13)11(2)17/h6-8,10H,5,9H2,1-2H3,(H2,15,16,18). The molecule has 0 bridgehead atoms. The Bertz CT molecular complexity index is 498. The van der Waals surface area contributed by atoms with Crippen LogP contribution in [-0.2, 0) is 0 Å². The summed E-state index contributed by atoms with van der Waals surface area (Å²) in [6.45, 7) is 3.75. The summed E-state index contributed by atoms with van der Waals surface area (Å²) in [5.74, 6) is 5.58. The predicted octanol–water partition coefficient (Wildman–Crippen LogP) is 2.42. The molecular formula is C14H16N2O2. The van der Waals surface area contributed by atoms with Gasteiger partial charge in [-0.1, -0.05) is 12.1 Å². The van der Waals surface area contributed by atoms with Gasteiger partial charge in [0.2, 0.25) is 0 Å². The molecule has 94 valence electrons. The van der Waals surface area contributed by atoms with Crippen molar-refractivity contribution in [1.29, 1.82) is 0 Å². The molecule has 0 saturated carbocycles. The molecule has 0 aliphatic rings. The zero-order valence-corrected chi connectivity index (χ0v) is 10.5. The lowest BCUT2D eigenvalue weighted by molar-refractivity contribution is 0.101. The summed E-state index contributed by atoms with van der Waals surface area (Å²) in [5, 5.41) is 5.34. The molecule has 0 aromatic heterocycles. The molecule has 1 aromatic rings. The van der Waals surface area contributed by atoms with Crippen molar-refractivity contribution >= 4 is 17.5 Å². The van der Waals surface area contributed by atoms with Crippen LogP contribution in [0.2, 0.25) is 0 Å². The first kappa shape index (κ1) is 13.8. The predicted molar refractivity (Wildman–Crippen MR) is 71.5 cm³/mol. The number of Topliss-reactive ketones (excluding diaryl/α,β-unsaturated/α-hetero) is 1. The van der Waals surface area contributed by atoms with E-state index in [0.29, 0.717) is 24.2 Å². The van der Waals surface area contributed by atoms with E-state index in [2.05, 4.69) is 22.5 Å². The van der Waals surface area contributed by atoms with Crippen molar-refractivity contribution in [3.63, 3.8) is 0 Å². The van der Waals surface area contributed by atoms with Crippen LogP contribution in [-0.4, -0.2) is 18.4 Å². The maximum absolute atomic E-state index is 11.5. The zero-order valence-electron chi connectivity index (χ0n) is 10.5. The minimum atomic E-state index is -0.298. The normalized spacial score (nSPS) is 9.00. The number of anilines is 1. The molecule has 0 saturated heterocycles. The summed E-state index contributed by atoms with van der Waals surface area (Å²) in [6, 6.07) is 6.52. The van der Waals surface area contributed by atoms with Crippen molar-refractivity contribution < 1.29 is 9.59 Å². The van der Waals surface area contributed by atoms with Gasteiger partial charge >= 0.3 is 6.03 Å². The van der Waals surface area contributed by atoms with Gasteiger partial charge in [-0.25, -0.2) is 4.79 Å². The molecule has 0 aliphatic carbocycles. The van der Waals surface area contributed by atoms with Crippen LogP contribution in [0.4, 0.5) is 10.5 Å². The first-order valence-corrected chi connectivity index (χ1v) is 5.69. The Kier molecular flexibility index (Phi) is 5.46. The van der Waals surface area contributed by atoms with E-state index in [4.69, 9.17) is 0 Å². The van der Waals surface area contributed by atoms with Crippen LogP contribution in [0.1, 0.15) is 30.6 Å². The number of amides is 2. The van der Waals surface area contributed by atoms with Gasteiger partial charge < -0.3 is 10.6 Å². The average Bonchev–Trinajstić information content (AvgIpc) is 2.35. The molecular weight excluding hydrogens is 228 g/mol. The van der Waals surface area contributed by atoms with Crippen molar-refractivity contribution in [2.24, 2.45) is 0 Å². The highest BCUT2D eigenvalue weighted by Crippen LogP contribution is 2.10. The Morgan fingerprint density at radius 3 is 2.78 bits per heavy atom. The molecule has 2 N–H and O–H groups in total. The SMILES string of the molecule is CC#CCCNC(=O)Nc1cccc(C(C)=O)c1. The molecule has 2 amide bonds. The van der Waals surface area contributed by atoms with Crippen LogP contribution in [0.5, 0.6) is 0 Å². The fourth-order valence-electron chi connectivity index (χ4n) is 1.35. The Hall–Kier alpha value is -2.28. The summed E-state index contributed by atoms with van der Waals surface area (Å²) >= 11 is 0. The number of nitrogens with one attached hydrogen (secondary N) is 2. The van der Waals surface area contributed by atoms with E-state index in [1.54, 1.807) is 31.2 Å². The Morgan fingerprint density at radius 1 is 1.33 bits per heavy atom. The minimum absolute atomic E-state index is 0.0303. The highest BCUT2D eigenvalue weighted by atomic mass is 16.2. The molecule has 0 aliphatic heterocycles. The van der Waals surface area contributed by atoms with Crippen molar-refractivity contribution in [2.75, 3.05) is 11.9 Å². The second kappa shape index (κ2) is 7.13. The van der Waals surface area contributed by atoms with Gasteiger partial charge in [0, 0.05) is 24.2 Å². The van der Waals surface area contributed by atoms with Crippen molar-refractivity contribution in [2.45, 2.75) is 20.3 Å². The Morgan fingerprint density at radius 2 is 2.11 bits per heavy atom. The van der Waals surface area contributed by atoms with Crippen molar-refractivity contribution in [1.82, 2.24) is 5.32 Å². The third-order valence-electron chi connectivity index (χ3n) is 2.24. The minimum Gasteiger partial charge on any atom is -0.337 e. The molecule has 0 heterocycles. The average molecular weight is 244 g/mol. The van der Waals surface area contributed by atoms with Gasteiger partial charge in [0.15, 0.2) is 5.78 Å². The van der Waals surface area contributed by atoms with Gasteiger partial charge in [0.05, 0.1) is 0 Å². The first-order valence-electron chi connectivity index (χ1n) is 5.69. The van der Waals surface area contributed by atoms with E-state index in [-0.39, 0.29) is 11.8 Å². The van der Waals surface area contributed by atoms with E-state index < -0.39 is 0 Å². The first-order chi connectivity index (χ1) is 8.63. The number of carbonyl (C=O) groups excluding carboxylic acids is 2. The van der Waals surface area contributed by atoms with Crippen LogP contribution in [0.15, 0.2) is 24.3 Å². The largest absolute Gasteiger partial charge is 0.337 e. The van der Waals surface area contributed by atoms with Crippen LogP contribution in [0, 0.1) is 11.8 Å². The zero-order chi connectivity index (χ0) is 13.4. The third-order valence-corrected chi connectivity index (χ3v) is 2.24. The third kappa shape index (κ3) is 4.71. The van der Waals surface area contributed by atoms with Gasteiger partial charge in [0.25, 0.3) is 0 Å². The van der Waals surface area contributed by atoms with E-state index in [1.807, 2.05) is 0 Å². The molecule has 4 nitrogen and oxygen atoms in total. The molecule has 0 unspecified atom stereocenters. The molecule has 0 spiro atoms. The Labute approximate surface area is 107 Å². The number of ketones is 1. The highest BCUT2D eigenvalue weighted by Gasteiger charge is 2.03. The van der Waals surface area contributed by atoms with E-state index in [0.717, 1.165) is 0 Å². The fourth-order valence-corrected chi connectivity index (χ4v) is 1.35. The molecule has 18 heavy (non-hydrogen) atoms. The topological polar surface area (TPSA) is 58.2 Å². The molecule has 0 atom stereocenters. The highest BCUT2D eigenvalue weighted by molar-refractivity contribution is 5.96. The molecule has 0 fully saturated rings. The summed E-state index contributed by atoms with van der Waals surface area (Å²) in [5.41, 5.74) is 1.17. The number of rotatable bonds is 4. The van der Waals surface area contributed by atoms with Crippen molar-refractivity contribution in [3.05, 3.63) is 29.8 Å². The van der Waals surface area contributed by atoms with Crippen LogP contribution in [0.25, 0.3) is 0 Å². The molecule has 1 aromatic carbocycles. The van der Waals surface area contributed by atoms with Crippen LogP contribution in [0.3, 0.4) is 0 Å². The second-order valence-electron chi connectivity index (χ2n) is 3.69. The number of hydrogen-bond acceptors (Lipinski definition) is 2. The number of hydrogen-bond donors (Lipinski definition) is 2. The summed E-state index contributed by atoms with van der Waals surface area (Å²) in [6.07, 6.45) is 0.622.